The minimum atomic E-state index is -10.7. The van der Waals surface area contributed by atoms with Crippen LogP contribution in [0.2, 0.25) is 0 Å². The number of nitrogens with zero attached hydrogens (tertiary/aromatic N) is 2. The molecule has 2 heterocycles. The van der Waals surface area contributed by atoms with Crippen molar-refractivity contribution in [1.29, 1.82) is 0 Å². The van der Waals surface area contributed by atoms with E-state index in [0.29, 0.717) is 0 Å². The van der Waals surface area contributed by atoms with Crippen LogP contribution in [-0.4, -0.2) is 75.2 Å². The number of rotatable bonds is 0. The molecule has 31 heavy (non-hydrogen) atoms. The second-order valence-electron chi connectivity index (χ2n) is 6.81. The zero-order valence-corrected chi connectivity index (χ0v) is 19.2. The second kappa shape index (κ2) is 10.3. The SMILES string of the molecule is C1CNCCN2CCCNCCN(C1)CC2.F[P-](F)(F)(F)(F)F.F[P-](F)(F)(F)(F)F.[Mn+2]. The first-order chi connectivity index (χ1) is 12.8. The first kappa shape index (κ1) is 33.6. The van der Waals surface area contributed by atoms with Crippen molar-refractivity contribution in [2.45, 2.75) is 12.8 Å². The van der Waals surface area contributed by atoms with Crippen molar-refractivity contribution in [2.24, 2.45) is 0 Å². The molecule has 2 aliphatic heterocycles. The Hall–Kier alpha value is 0.379. The van der Waals surface area contributed by atoms with Crippen molar-refractivity contribution in [3.05, 3.63) is 0 Å². The zero-order valence-electron chi connectivity index (χ0n) is 16.2. The van der Waals surface area contributed by atoms with Crippen molar-refractivity contribution in [2.75, 3.05) is 65.4 Å². The molecule has 2 unspecified atom stereocenters. The van der Waals surface area contributed by atoms with E-state index in [9.17, 15) is 50.4 Å². The van der Waals surface area contributed by atoms with Gasteiger partial charge in [-0.05, 0) is 39.0 Å². The maximum Gasteiger partial charge on any atom is 2.00 e. The summed E-state index contributed by atoms with van der Waals surface area (Å²) in [5.74, 6) is 0. The Bertz CT molecular complexity index is 439. The molecule has 1 radical (unpaired) electrons. The normalized spacial score (nSPS) is 28.3. The molecule has 0 amide bonds. The topological polar surface area (TPSA) is 30.5 Å². The molecule has 0 spiro atoms. The first-order valence-electron chi connectivity index (χ1n) is 8.84. The quantitative estimate of drug-likeness (QED) is 0.202. The van der Waals surface area contributed by atoms with Gasteiger partial charge in [-0.1, -0.05) is 0 Å². The molecule has 0 saturated carbocycles. The summed E-state index contributed by atoms with van der Waals surface area (Å²) in [7, 11) is -21.3. The smallest absolute Gasteiger partial charge is 2.00 e. The molecule has 0 aromatic heterocycles. The maximum atomic E-state index is 9.87. The largest absolute Gasteiger partial charge is 2.00 e. The predicted molar refractivity (Wildman–Crippen MR) is 95.0 cm³/mol. The van der Waals surface area contributed by atoms with Gasteiger partial charge in [0.2, 0.25) is 0 Å². The van der Waals surface area contributed by atoms with Crippen molar-refractivity contribution < 1.29 is 67.4 Å². The Balaban J connectivity index is 0. The molecule has 0 aromatic rings. The molecule has 2 saturated heterocycles. The predicted octanol–water partition coefficient (Wildman–Crippen LogP) is 6.34. The van der Waals surface area contributed by atoms with Crippen LogP contribution in [0.25, 0.3) is 0 Å². The van der Waals surface area contributed by atoms with E-state index in [4.69, 9.17) is 0 Å². The summed E-state index contributed by atoms with van der Waals surface area (Å²) in [5, 5.41) is 7.08. The summed E-state index contributed by atoms with van der Waals surface area (Å²) in [6, 6.07) is 0. The maximum absolute atomic E-state index is 10.7. The van der Waals surface area contributed by atoms with Gasteiger partial charge in [0.15, 0.2) is 0 Å². The molecule has 2 N–H and O–H groups in total. The minimum absolute atomic E-state index is 0. The van der Waals surface area contributed by atoms with Crippen LogP contribution >= 0.6 is 15.6 Å². The van der Waals surface area contributed by atoms with Crippen LogP contribution in [0, 0.1) is 0 Å². The fourth-order valence-electron chi connectivity index (χ4n) is 2.53. The van der Waals surface area contributed by atoms with Crippen molar-refractivity contribution >= 4 is 15.6 Å². The van der Waals surface area contributed by atoms with E-state index < -0.39 is 15.6 Å². The number of fused-ring (bicyclic) bond motifs is 3. The average Bonchev–Trinajstić information content (AvgIpc) is 2.44. The van der Waals surface area contributed by atoms with E-state index in [1.165, 1.54) is 65.2 Å². The van der Waals surface area contributed by atoms with E-state index >= 15 is 0 Å². The van der Waals surface area contributed by atoms with Crippen LogP contribution in [0.4, 0.5) is 50.4 Å². The van der Waals surface area contributed by atoms with Gasteiger partial charge in [0.05, 0.1) is 0 Å². The van der Waals surface area contributed by atoms with Gasteiger partial charge in [0.25, 0.3) is 0 Å². The van der Waals surface area contributed by atoms with E-state index in [0.717, 1.165) is 13.1 Å². The van der Waals surface area contributed by atoms with Gasteiger partial charge in [-0.3, -0.25) is 0 Å². The standard InChI is InChI=1S/C12H26N4.2F6P.Mn/c1-3-13-5-10-16-8-2-4-14-6-9-15(7-1)11-12-16;2*1-7(2,3,4,5)6;/h13-14H,1-12H2;;;/q;2*-1;+2. The van der Waals surface area contributed by atoms with Gasteiger partial charge in [-0.15, -0.1) is 0 Å². The fraction of sp³-hybridized carbons (Fsp3) is 1.00. The van der Waals surface area contributed by atoms with Crippen LogP contribution < -0.4 is 10.6 Å². The Morgan fingerprint density at radius 3 is 0.935 bits per heavy atom. The molecular weight excluding hydrogens is 545 g/mol. The van der Waals surface area contributed by atoms with E-state index in [-0.39, 0.29) is 17.1 Å². The molecule has 2 fully saturated rings. The van der Waals surface area contributed by atoms with Crippen molar-refractivity contribution in [1.82, 2.24) is 20.4 Å². The van der Waals surface area contributed by atoms with E-state index in [2.05, 4.69) is 20.4 Å². The van der Waals surface area contributed by atoms with Gasteiger partial charge in [-0.25, -0.2) is 0 Å². The van der Waals surface area contributed by atoms with Crippen LogP contribution in [0.3, 0.4) is 0 Å². The fourth-order valence-corrected chi connectivity index (χ4v) is 2.53. The van der Waals surface area contributed by atoms with Crippen molar-refractivity contribution in [3.63, 3.8) is 0 Å². The van der Waals surface area contributed by atoms with E-state index in [1.807, 2.05) is 0 Å². The number of halogens is 12. The second-order valence-corrected chi connectivity index (χ2v) is 10.6. The van der Waals surface area contributed by atoms with Gasteiger partial charge in [0.1, 0.15) is 0 Å². The average molecular weight is 571 g/mol. The molecule has 0 aromatic carbocycles. The molecule has 2 atom stereocenters. The van der Waals surface area contributed by atoms with Crippen LogP contribution in [0.15, 0.2) is 0 Å². The molecule has 4 nitrogen and oxygen atoms in total. The molecule has 0 aliphatic carbocycles. The number of nitrogens with one attached hydrogen (secondary N) is 2. The van der Waals surface area contributed by atoms with Gasteiger partial charge in [-0.2, -0.15) is 0 Å². The summed E-state index contributed by atoms with van der Waals surface area (Å²) in [6.07, 6.45) is 2.58. The third-order valence-electron chi connectivity index (χ3n) is 3.60. The minimum Gasteiger partial charge on any atom is 2.00 e. The van der Waals surface area contributed by atoms with Gasteiger partial charge >= 0.3 is 83.0 Å². The molecule has 195 valence electrons. The Kier molecular flexibility index (Phi) is 11.2. The molecule has 19 heteroatoms. The van der Waals surface area contributed by atoms with Crippen LogP contribution in [-0.2, 0) is 17.1 Å². The Labute approximate surface area is 182 Å². The third-order valence-corrected chi connectivity index (χ3v) is 3.60. The molecule has 2 aliphatic rings. The monoisotopic (exact) mass is 571 g/mol. The first-order valence-corrected chi connectivity index (χ1v) is 12.9. The van der Waals surface area contributed by atoms with Crippen LogP contribution in [0.1, 0.15) is 12.8 Å². The summed E-state index contributed by atoms with van der Waals surface area (Å²) in [5.41, 5.74) is 0. The Morgan fingerprint density at radius 1 is 0.419 bits per heavy atom. The summed E-state index contributed by atoms with van der Waals surface area (Å²) < 4.78 is 118. The Morgan fingerprint density at radius 2 is 0.677 bits per heavy atom. The van der Waals surface area contributed by atoms with E-state index in [1.54, 1.807) is 0 Å². The number of hydrogen-bond acceptors (Lipinski definition) is 4. The van der Waals surface area contributed by atoms with Gasteiger partial charge in [0, 0.05) is 39.3 Å². The molecule has 2 rings (SSSR count). The number of hydrogen-bond donors (Lipinski definition) is 2. The zero-order chi connectivity index (χ0) is 23.9. The summed E-state index contributed by atoms with van der Waals surface area (Å²) >= 11 is 0. The molecule has 2 bridgehead atoms. The van der Waals surface area contributed by atoms with Gasteiger partial charge < -0.3 is 20.4 Å². The molecular formula is C12H26F12MnN4P2. The summed E-state index contributed by atoms with van der Waals surface area (Å²) in [4.78, 5) is 5.22. The van der Waals surface area contributed by atoms with Crippen LogP contribution in [0.5, 0.6) is 0 Å². The van der Waals surface area contributed by atoms with Crippen molar-refractivity contribution in [3.8, 4) is 0 Å². The third kappa shape index (κ3) is 44.8. The summed E-state index contributed by atoms with van der Waals surface area (Å²) in [6.45, 7) is 12.1.